The molecule has 3 N–H and O–H groups in total. The molecule has 0 amide bonds. The highest BCUT2D eigenvalue weighted by molar-refractivity contribution is 5.85. The summed E-state index contributed by atoms with van der Waals surface area (Å²) in [6.07, 6.45) is 0. The van der Waals surface area contributed by atoms with Crippen molar-refractivity contribution in [3.63, 3.8) is 0 Å². The van der Waals surface area contributed by atoms with E-state index in [1.165, 1.54) is 7.11 Å². The van der Waals surface area contributed by atoms with Crippen molar-refractivity contribution in [1.29, 1.82) is 10.5 Å². The Kier molecular flexibility index (Phi) is 5.29. The van der Waals surface area contributed by atoms with Crippen molar-refractivity contribution >= 4 is 5.82 Å². The number of hydrogen-bond donors (Lipinski definition) is 2. The van der Waals surface area contributed by atoms with Gasteiger partial charge in [0.1, 0.15) is 35.7 Å². The summed E-state index contributed by atoms with van der Waals surface area (Å²) in [6, 6.07) is 18.3. The van der Waals surface area contributed by atoms with Crippen LogP contribution in [0.5, 0.6) is 11.5 Å². The summed E-state index contributed by atoms with van der Waals surface area (Å²) in [6.45, 7) is 0.233. The fourth-order valence-electron chi connectivity index (χ4n) is 2.86. The first-order valence-electron chi connectivity index (χ1n) is 8.30. The van der Waals surface area contributed by atoms with Crippen LogP contribution in [-0.2, 0) is 6.61 Å². The molecule has 1 aromatic heterocycles. The van der Waals surface area contributed by atoms with Crippen molar-refractivity contribution < 1.29 is 9.47 Å². The van der Waals surface area contributed by atoms with Crippen LogP contribution in [0.1, 0.15) is 16.7 Å². The van der Waals surface area contributed by atoms with Crippen LogP contribution >= 0.6 is 0 Å². The van der Waals surface area contributed by atoms with Gasteiger partial charge in [-0.2, -0.15) is 10.5 Å². The van der Waals surface area contributed by atoms with Gasteiger partial charge in [0.25, 0.3) is 5.56 Å². The highest BCUT2D eigenvalue weighted by Crippen LogP contribution is 2.41. The van der Waals surface area contributed by atoms with Crippen LogP contribution in [0.3, 0.4) is 0 Å². The molecule has 1 heterocycles. The minimum Gasteiger partial charge on any atom is -0.493 e. The third-order valence-electron chi connectivity index (χ3n) is 4.16. The molecule has 0 aliphatic carbocycles. The molecular formula is C21H16N4O3. The molecule has 3 aromatic rings. The van der Waals surface area contributed by atoms with Crippen molar-refractivity contribution in [2.75, 3.05) is 12.8 Å². The Morgan fingerprint density at radius 2 is 1.75 bits per heavy atom. The summed E-state index contributed by atoms with van der Waals surface area (Å²) in [5, 5.41) is 19.1. The molecule has 0 bridgehead atoms. The average molecular weight is 372 g/mol. The normalized spacial score (nSPS) is 9.96. The number of pyridine rings is 1. The third-order valence-corrected chi connectivity index (χ3v) is 4.16. The van der Waals surface area contributed by atoms with Crippen LogP contribution in [0.4, 0.5) is 5.82 Å². The molecule has 0 unspecified atom stereocenters. The van der Waals surface area contributed by atoms with E-state index in [0.717, 1.165) is 5.56 Å². The van der Waals surface area contributed by atoms with Gasteiger partial charge in [-0.1, -0.05) is 42.5 Å². The number of aromatic amines is 1. The van der Waals surface area contributed by atoms with Gasteiger partial charge >= 0.3 is 0 Å². The van der Waals surface area contributed by atoms with Crippen LogP contribution in [0.2, 0.25) is 0 Å². The Hall–Kier alpha value is -4.23. The number of nitrogens with zero attached hydrogens (tertiary/aromatic N) is 2. The molecule has 0 aliphatic rings. The summed E-state index contributed by atoms with van der Waals surface area (Å²) >= 11 is 0. The number of nitriles is 2. The molecule has 0 saturated carbocycles. The molecule has 2 aromatic carbocycles. The fraction of sp³-hybridized carbons (Fsp3) is 0.0952. The number of hydrogen-bond acceptors (Lipinski definition) is 6. The second kappa shape index (κ2) is 7.98. The van der Waals surface area contributed by atoms with Gasteiger partial charge < -0.3 is 20.2 Å². The molecule has 28 heavy (non-hydrogen) atoms. The largest absolute Gasteiger partial charge is 0.493 e. The van der Waals surface area contributed by atoms with Gasteiger partial charge in [0.15, 0.2) is 11.5 Å². The van der Waals surface area contributed by atoms with Crippen molar-refractivity contribution in [2.45, 2.75) is 6.61 Å². The lowest BCUT2D eigenvalue weighted by molar-refractivity contribution is 0.286. The van der Waals surface area contributed by atoms with E-state index in [1.807, 2.05) is 42.5 Å². The quantitative estimate of drug-likeness (QED) is 0.709. The molecule has 3 rings (SSSR count). The van der Waals surface area contributed by atoms with E-state index in [4.69, 9.17) is 15.2 Å². The number of methoxy groups -OCH3 is 1. The van der Waals surface area contributed by atoms with E-state index in [2.05, 4.69) is 4.98 Å². The molecule has 7 nitrogen and oxygen atoms in total. The van der Waals surface area contributed by atoms with E-state index in [9.17, 15) is 15.3 Å². The number of ether oxygens (including phenoxy) is 2. The van der Waals surface area contributed by atoms with Gasteiger partial charge in [-0.3, -0.25) is 4.79 Å². The first-order chi connectivity index (χ1) is 13.6. The summed E-state index contributed by atoms with van der Waals surface area (Å²) in [4.78, 5) is 14.6. The molecule has 0 spiro atoms. The Labute approximate surface area is 161 Å². The number of rotatable bonds is 5. The van der Waals surface area contributed by atoms with E-state index in [0.29, 0.717) is 17.1 Å². The first kappa shape index (κ1) is 18.6. The third kappa shape index (κ3) is 3.37. The lowest BCUT2D eigenvalue weighted by Gasteiger charge is -2.17. The monoisotopic (exact) mass is 372 g/mol. The number of nitrogens with two attached hydrogens (primary N) is 1. The zero-order valence-corrected chi connectivity index (χ0v) is 15.0. The van der Waals surface area contributed by atoms with Crippen LogP contribution < -0.4 is 20.8 Å². The molecular weight excluding hydrogens is 356 g/mol. The van der Waals surface area contributed by atoms with E-state index < -0.39 is 5.56 Å². The summed E-state index contributed by atoms with van der Waals surface area (Å²) in [5.74, 6) is 0.602. The van der Waals surface area contributed by atoms with E-state index in [-0.39, 0.29) is 29.1 Å². The number of nitrogens with one attached hydrogen (secondary N) is 1. The number of aromatic nitrogens is 1. The first-order valence-corrected chi connectivity index (χ1v) is 8.30. The van der Waals surface area contributed by atoms with Gasteiger partial charge in [0.2, 0.25) is 0 Å². The Balaban J connectivity index is 2.23. The Morgan fingerprint density at radius 3 is 2.39 bits per heavy atom. The second-order valence-electron chi connectivity index (χ2n) is 5.83. The highest BCUT2D eigenvalue weighted by Gasteiger charge is 2.23. The molecule has 7 heteroatoms. The van der Waals surface area contributed by atoms with Crippen molar-refractivity contribution in [3.8, 4) is 34.8 Å². The molecule has 0 atom stereocenters. The van der Waals surface area contributed by atoms with Crippen LogP contribution in [0, 0.1) is 22.7 Å². The topological polar surface area (TPSA) is 125 Å². The number of H-pyrrole nitrogens is 1. The highest BCUT2D eigenvalue weighted by atomic mass is 16.5. The smallest absolute Gasteiger partial charge is 0.268 e. The maximum Gasteiger partial charge on any atom is 0.268 e. The van der Waals surface area contributed by atoms with Crippen molar-refractivity contribution in [1.82, 2.24) is 4.98 Å². The van der Waals surface area contributed by atoms with Crippen molar-refractivity contribution in [2.24, 2.45) is 0 Å². The van der Waals surface area contributed by atoms with Crippen LogP contribution in [0.15, 0.2) is 53.3 Å². The predicted molar refractivity (Wildman–Crippen MR) is 104 cm³/mol. The molecule has 138 valence electrons. The predicted octanol–water partition coefficient (Wildman–Crippen LogP) is 2.96. The molecule has 0 fully saturated rings. The molecule has 0 radical (unpaired) electrons. The zero-order chi connectivity index (χ0) is 20.1. The fourth-order valence-corrected chi connectivity index (χ4v) is 2.86. The SMILES string of the molecule is COc1cccc(-c2c(C#N)c(N)[nH]c(=O)c2C#N)c1OCc1ccccc1. The van der Waals surface area contributed by atoms with E-state index in [1.54, 1.807) is 18.2 Å². The number of nitrogen functional groups attached to an aromatic ring is 1. The number of para-hydroxylation sites is 1. The zero-order valence-electron chi connectivity index (χ0n) is 15.0. The lowest BCUT2D eigenvalue weighted by Crippen LogP contribution is -2.16. The summed E-state index contributed by atoms with van der Waals surface area (Å²) in [5.41, 5.74) is 6.34. The van der Waals surface area contributed by atoms with Crippen molar-refractivity contribution in [3.05, 3.63) is 75.6 Å². The van der Waals surface area contributed by atoms with Gasteiger partial charge in [-0.05, 0) is 11.6 Å². The average Bonchev–Trinajstić information content (AvgIpc) is 2.72. The minimum atomic E-state index is -0.675. The number of benzene rings is 2. The van der Waals surface area contributed by atoms with Gasteiger partial charge in [-0.25, -0.2) is 0 Å². The van der Waals surface area contributed by atoms with E-state index >= 15 is 0 Å². The summed E-state index contributed by atoms with van der Waals surface area (Å²) in [7, 11) is 1.48. The Bertz CT molecular complexity index is 1160. The molecule has 0 saturated heterocycles. The minimum absolute atomic E-state index is 0.00559. The Morgan fingerprint density at radius 1 is 1.04 bits per heavy atom. The van der Waals surface area contributed by atoms with Crippen LogP contribution in [-0.4, -0.2) is 12.1 Å². The summed E-state index contributed by atoms with van der Waals surface area (Å²) < 4.78 is 11.4. The van der Waals surface area contributed by atoms with Crippen LogP contribution in [0.25, 0.3) is 11.1 Å². The van der Waals surface area contributed by atoms with Gasteiger partial charge in [0, 0.05) is 11.1 Å². The maximum atomic E-state index is 12.2. The van der Waals surface area contributed by atoms with Gasteiger partial charge in [0.05, 0.1) is 7.11 Å². The number of anilines is 1. The van der Waals surface area contributed by atoms with Gasteiger partial charge in [-0.15, -0.1) is 0 Å². The lowest BCUT2D eigenvalue weighted by atomic mass is 9.95. The maximum absolute atomic E-state index is 12.2. The second-order valence-corrected chi connectivity index (χ2v) is 5.83. The molecule has 0 aliphatic heterocycles. The standard InChI is InChI=1S/C21H16N4O3/c1-27-17-9-5-8-14(19(17)28-12-13-6-3-2-4-7-13)18-15(10-22)20(24)25-21(26)16(18)11-23/h2-9H,12H2,1H3,(H3,24,25,26).